The van der Waals surface area contributed by atoms with E-state index in [0.29, 0.717) is 5.78 Å². The Bertz CT molecular complexity index is 167. The molecule has 0 N–H and O–H groups in total. The Labute approximate surface area is 81.3 Å². The van der Waals surface area contributed by atoms with Crippen LogP contribution in [0, 0.1) is 5.92 Å². The second-order valence-corrected chi connectivity index (χ2v) is 4.35. The molecule has 76 valence electrons. The third-order valence-electron chi connectivity index (χ3n) is 2.74. The fourth-order valence-corrected chi connectivity index (χ4v) is 2.04. The van der Waals surface area contributed by atoms with Crippen LogP contribution in [0.25, 0.3) is 0 Å². The van der Waals surface area contributed by atoms with E-state index in [1.807, 2.05) is 0 Å². The molecule has 0 spiro atoms. The number of Topliss-reactive ketones (excluding diaryl/α,β-unsaturated/α-hetero) is 1. The van der Waals surface area contributed by atoms with E-state index >= 15 is 0 Å². The van der Waals surface area contributed by atoms with Crippen LogP contribution >= 0.6 is 0 Å². The predicted octanol–water partition coefficient (Wildman–Crippen LogP) is 2.09. The molecule has 0 aromatic rings. The van der Waals surface area contributed by atoms with Crippen LogP contribution in [0.4, 0.5) is 0 Å². The van der Waals surface area contributed by atoms with Gasteiger partial charge in [-0.2, -0.15) is 0 Å². The predicted molar refractivity (Wildman–Crippen MR) is 54.8 cm³/mol. The second kappa shape index (κ2) is 5.38. The minimum absolute atomic E-state index is 0.324. The molecule has 0 saturated carbocycles. The highest BCUT2D eigenvalue weighted by Crippen LogP contribution is 2.15. The summed E-state index contributed by atoms with van der Waals surface area (Å²) in [4.78, 5) is 13.2. The quantitative estimate of drug-likeness (QED) is 0.665. The average molecular weight is 183 g/mol. The van der Waals surface area contributed by atoms with E-state index < -0.39 is 0 Å². The van der Waals surface area contributed by atoms with Crippen LogP contribution in [-0.2, 0) is 4.79 Å². The molecule has 0 aromatic carbocycles. The summed E-state index contributed by atoms with van der Waals surface area (Å²) in [5.41, 5.74) is 0. The zero-order valence-corrected chi connectivity index (χ0v) is 8.88. The first-order valence-electron chi connectivity index (χ1n) is 5.40. The first-order chi connectivity index (χ1) is 6.18. The van der Waals surface area contributed by atoms with Crippen molar-refractivity contribution in [3.63, 3.8) is 0 Å². The van der Waals surface area contributed by atoms with Crippen LogP contribution in [0.2, 0.25) is 0 Å². The molecule has 0 amide bonds. The molecule has 13 heavy (non-hydrogen) atoms. The Kier molecular flexibility index (Phi) is 4.43. The normalized spacial score (nSPS) is 24.6. The lowest BCUT2D eigenvalue weighted by atomic mass is 10.00. The summed E-state index contributed by atoms with van der Waals surface area (Å²) >= 11 is 0. The van der Waals surface area contributed by atoms with Crippen molar-refractivity contribution in [2.24, 2.45) is 5.92 Å². The van der Waals surface area contributed by atoms with Gasteiger partial charge in [0.1, 0.15) is 5.78 Å². The number of ketones is 1. The Balaban J connectivity index is 2.10. The number of piperidine rings is 1. The molecule has 1 aliphatic rings. The van der Waals surface area contributed by atoms with E-state index in [0.717, 1.165) is 25.3 Å². The first kappa shape index (κ1) is 10.7. The second-order valence-electron chi connectivity index (χ2n) is 4.35. The van der Waals surface area contributed by atoms with Crippen LogP contribution in [0.15, 0.2) is 0 Å². The Morgan fingerprint density at radius 2 is 2.31 bits per heavy atom. The molecule has 2 heteroatoms. The van der Waals surface area contributed by atoms with Gasteiger partial charge in [-0.15, -0.1) is 0 Å². The number of rotatable bonds is 4. The fourth-order valence-electron chi connectivity index (χ4n) is 2.04. The zero-order valence-electron chi connectivity index (χ0n) is 8.88. The van der Waals surface area contributed by atoms with Gasteiger partial charge in [0.25, 0.3) is 0 Å². The molecule has 1 rings (SSSR count). The molecule has 1 aliphatic heterocycles. The molecule has 1 unspecified atom stereocenters. The van der Waals surface area contributed by atoms with Gasteiger partial charge in [-0.05, 0) is 45.2 Å². The summed E-state index contributed by atoms with van der Waals surface area (Å²) in [5.74, 6) is 1.18. The number of hydrogen-bond donors (Lipinski definition) is 0. The minimum atomic E-state index is 0.324. The molecule has 1 heterocycles. The Morgan fingerprint density at radius 1 is 1.54 bits per heavy atom. The van der Waals surface area contributed by atoms with Gasteiger partial charge >= 0.3 is 0 Å². The van der Waals surface area contributed by atoms with Gasteiger partial charge < -0.3 is 9.69 Å². The van der Waals surface area contributed by atoms with Gasteiger partial charge in [-0.1, -0.05) is 6.92 Å². The SMILES string of the molecule is CC(=O)CCCN1CCCC(C)C1. The van der Waals surface area contributed by atoms with Gasteiger partial charge in [0.05, 0.1) is 0 Å². The maximum absolute atomic E-state index is 10.7. The van der Waals surface area contributed by atoms with E-state index in [4.69, 9.17) is 0 Å². The van der Waals surface area contributed by atoms with E-state index in [1.54, 1.807) is 6.92 Å². The van der Waals surface area contributed by atoms with Crippen LogP contribution in [-0.4, -0.2) is 30.3 Å². The highest BCUT2D eigenvalue weighted by molar-refractivity contribution is 5.75. The molecule has 1 saturated heterocycles. The van der Waals surface area contributed by atoms with Gasteiger partial charge in [0.15, 0.2) is 0 Å². The third-order valence-corrected chi connectivity index (χ3v) is 2.74. The van der Waals surface area contributed by atoms with Crippen molar-refractivity contribution in [2.75, 3.05) is 19.6 Å². The molecule has 0 radical (unpaired) electrons. The smallest absolute Gasteiger partial charge is 0.129 e. The number of carbonyl (C=O) groups excluding carboxylic acids is 1. The maximum atomic E-state index is 10.7. The minimum Gasteiger partial charge on any atom is -0.303 e. The first-order valence-corrected chi connectivity index (χ1v) is 5.40. The highest BCUT2D eigenvalue weighted by Gasteiger charge is 2.15. The summed E-state index contributed by atoms with van der Waals surface area (Å²) < 4.78 is 0. The molecule has 0 aliphatic carbocycles. The van der Waals surface area contributed by atoms with Crippen molar-refractivity contribution in [1.82, 2.24) is 4.90 Å². The van der Waals surface area contributed by atoms with Crippen molar-refractivity contribution >= 4 is 5.78 Å². The van der Waals surface area contributed by atoms with Crippen LogP contribution < -0.4 is 0 Å². The summed E-state index contributed by atoms with van der Waals surface area (Å²) in [7, 11) is 0. The van der Waals surface area contributed by atoms with Crippen LogP contribution in [0.5, 0.6) is 0 Å². The number of likely N-dealkylation sites (tertiary alicyclic amines) is 1. The Morgan fingerprint density at radius 3 is 2.92 bits per heavy atom. The van der Waals surface area contributed by atoms with Crippen molar-refractivity contribution in [3.8, 4) is 0 Å². The summed E-state index contributed by atoms with van der Waals surface area (Å²) in [6.45, 7) is 7.58. The van der Waals surface area contributed by atoms with E-state index in [1.165, 1.54) is 25.9 Å². The molecule has 0 aromatic heterocycles. The Hall–Kier alpha value is -0.370. The topological polar surface area (TPSA) is 20.3 Å². The van der Waals surface area contributed by atoms with Gasteiger partial charge in [-0.3, -0.25) is 0 Å². The molecular formula is C11H21NO. The van der Waals surface area contributed by atoms with Crippen LogP contribution in [0.1, 0.15) is 39.5 Å². The van der Waals surface area contributed by atoms with Gasteiger partial charge in [-0.25, -0.2) is 0 Å². The molecule has 1 fully saturated rings. The zero-order chi connectivity index (χ0) is 9.68. The lowest BCUT2D eigenvalue weighted by Crippen LogP contribution is -2.35. The third kappa shape index (κ3) is 4.41. The maximum Gasteiger partial charge on any atom is 0.129 e. The molecule has 2 nitrogen and oxygen atoms in total. The van der Waals surface area contributed by atoms with Crippen molar-refractivity contribution in [2.45, 2.75) is 39.5 Å². The average Bonchev–Trinajstić information content (AvgIpc) is 2.03. The summed E-state index contributed by atoms with van der Waals surface area (Å²) in [5, 5.41) is 0. The highest BCUT2D eigenvalue weighted by atomic mass is 16.1. The van der Waals surface area contributed by atoms with Crippen molar-refractivity contribution < 1.29 is 4.79 Å². The molecule has 1 atom stereocenters. The molecular weight excluding hydrogens is 162 g/mol. The number of carbonyl (C=O) groups is 1. The largest absolute Gasteiger partial charge is 0.303 e. The number of hydrogen-bond acceptors (Lipinski definition) is 2. The summed E-state index contributed by atoms with van der Waals surface area (Å²) in [6.07, 6.45) is 4.51. The van der Waals surface area contributed by atoms with Crippen LogP contribution in [0.3, 0.4) is 0 Å². The standard InChI is InChI=1S/C11H21NO/c1-10-5-3-7-12(9-10)8-4-6-11(2)13/h10H,3-9H2,1-2H3. The molecule has 0 bridgehead atoms. The monoisotopic (exact) mass is 183 g/mol. The fraction of sp³-hybridized carbons (Fsp3) is 0.909. The van der Waals surface area contributed by atoms with E-state index in [9.17, 15) is 4.79 Å². The van der Waals surface area contributed by atoms with Gasteiger partial charge in [0.2, 0.25) is 0 Å². The summed E-state index contributed by atoms with van der Waals surface area (Å²) in [6, 6.07) is 0. The van der Waals surface area contributed by atoms with E-state index in [-0.39, 0.29) is 0 Å². The lowest BCUT2D eigenvalue weighted by molar-refractivity contribution is -0.117. The van der Waals surface area contributed by atoms with Crippen molar-refractivity contribution in [3.05, 3.63) is 0 Å². The lowest BCUT2D eigenvalue weighted by Gasteiger charge is -2.30. The van der Waals surface area contributed by atoms with E-state index in [2.05, 4.69) is 11.8 Å². The van der Waals surface area contributed by atoms with Crippen molar-refractivity contribution in [1.29, 1.82) is 0 Å². The number of nitrogens with zero attached hydrogens (tertiary/aromatic N) is 1. The van der Waals surface area contributed by atoms with Gasteiger partial charge in [0, 0.05) is 13.0 Å².